The lowest BCUT2D eigenvalue weighted by Gasteiger charge is -2.41. The first-order chi connectivity index (χ1) is 12.1. The molecule has 0 saturated heterocycles. The number of hydrogen-bond acceptors (Lipinski definition) is 1. The van der Waals surface area contributed by atoms with Crippen molar-refractivity contribution >= 4 is 33.3 Å². The van der Waals surface area contributed by atoms with Gasteiger partial charge in [-0.15, -0.1) is 0 Å². The molecular weight excluding hydrogens is 396 g/mol. The molecule has 0 radical (unpaired) electrons. The maximum absolute atomic E-state index is 13.2. The molecule has 0 heterocycles. The molecule has 3 heteroatoms. The first-order valence-corrected chi connectivity index (χ1v) is 10.3. The maximum Gasteiger partial charge on any atom is 0.180 e. The Kier molecular flexibility index (Phi) is 4.77. The van der Waals surface area contributed by atoms with E-state index in [1.54, 1.807) is 0 Å². The van der Waals surface area contributed by atoms with Crippen LogP contribution in [0.2, 0.25) is 5.02 Å². The van der Waals surface area contributed by atoms with Crippen LogP contribution < -0.4 is 0 Å². The van der Waals surface area contributed by atoms with E-state index in [0.29, 0.717) is 17.6 Å². The van der Waals surface area contributed by atoms with Gasteiger partial charge in [-0.25, -0.2) is 0 Å². The third-order valence-corrected chi connectivity index (χ3v) is 7.77. The van der Waals surface area contributed by atoms with Crippen LogP contribution in [0.1, 0.15) is 59.5 Å². The van der Waals surface area contributed by atoms with Crippen LogP contribution in [0, 0.1) is 5.92 Å². The summed E-state index contributed by atoms with van der Waals surface area (Å²) in [6, 6.07) is 16.4. The first-order valence-electron chi connectivity index (χ1n) is 9.15. The molecule has 1 unspecified atom stereocenters. The second kappa shape index (κ2) is 6.89. The number of alkyl halides is 1. The summed E-state index contributed by atoms with van der Waals surface area (Å²) in [4.78, 5) is 13.2. The van der Waals surface area contributed by atoms with Crippen molar-refractivity contribution in [2.24, 2.45) is 5.92 Å². The molecule has 4 rings (SSSR count). The molecule has 0 aliphatic heterocycles. The Hall–Kier alpha value is -1.12. The predicted octanol–water partition coefficient (Wildman–Crippen LogP) is 6.58. The van der Waals surface area contributed by atoms with Crippen LogP contribution in [-0.4, -0.2) is 10.1 Å². The van der Waals surface area contributed by atoms with E-state index in [2.05, 4.69) is 34.1 Å². The normalized spacial score (nSPS) is 29.3. The Labute approximate surface area is 162 Å². The Morgan fingerprint density at radius 3 is 2.36 bits per heavy atom. The summed E-state index contributed by atoms with van der Waals surface area (Å²) in [5.74, 6) is 1.32. The highest BCUT2D eigenvalue weighted by molar-refractivity contribution is 9.10. The summed E-state index contributed by atoms with van der Waals surface area (Å²) in [5.41, 5.74) is 3.51. The minimum absolute atomic E-state index is 0.296. The molecule has 2 aromatic carbocycles. The van der Waals surface area contributed by atoms with Crippen LogP contribution in [0.15, 0.2) is 48.5 Å². The molecule has 2 aliphatic carbocycles. The number of Topliss-reactive ketones (excluding diaryl/α,β-unsaturated/α-hetero) is 1. The Morgan fingerprint density at radius 1 is 0.960 bits per heavy atom. The smallest absolute Gasteiger partial charge is 0.180 e. The molecule has 1 fully saturated rings. The fourth-order valence-electron chi connectivity index (χ4n) is 4.62. The number of hydrogen-bond donors (Lipinski definition) is 0. The number of ketones is 1. The van der Waals surface area contributed by atoms with Crippen molar-refractivity contribution in [2.45, 2.75) is 48.8 Å². The van der Waals surface area contributed by atoms with Gasteiger partial charge in [0.1, 0.15) is 0 Å². The van der Waals surface area contributed by atoms with E-state index in [9.17, 15) is 4.79 Å². The summed E-state index contributed by atoms with van der Waals surface area (Å²) in [7, 11) is 0. The van der Waals surface area contributed by atoms with Gasteiger partial charge < -0.3 is 0 Å². The lowest BCUT2D eigenvalue weighted by Crippen LogP contribution is -2.44. The van der Waals surface area contributed by atoms with Crippen LogP contribution in [0.5, 0.6) is 0 Å². The van der Waals surface area contributed by atoms with E-state index in [0.717, 1.165) is 49.1 Å². The van der Waals surface area contributed by atoms with Crippen LogP contribution >= 0.6 is 27.5 Å². The molecule has 2 aliphatic rings. The Morgan fingerprint density at radius 2 is 1.64 bits per heavy atom. The minimum Gasteiger partial charge on any atom is -0.293 e. The fourth-order valence-corrected chi connectivity index (χ4v) is 5.62. The Balaban J connectivity index is 1.49. The monoisotopic (exact) mass is 416 g/mol. The van der Waals surface area contributed by atoms with E-state index in [-0.39, 0.29) is 4.32 Å². The second-order valence-electron chi connectivity index (χ2n) is 7.45. The average molecular weight is 418 g/mol. The molecule has 0 amide bonds. The standard InChI is InChI=1S/C22H22BrClO/c23-22(14-13-17-3-1-2-4-20(17)21(22)25)18-9-5-15(6-10-18)16-7-11-19(24)12-8-16/h1-4,7-8,11-12,15,18H,5-6,9-10,13-14H2. The lowest BCUT2D eigenvalue weighted by atomic mass is 9.68. The molecule has 2 aromatic rings. The first kappa shape index (κ1) is 17.3. The molecule has 0 aromatic heterocycles. The van der Waals surface area contributed by atoms with Crippen molar-refractivity contribution in [3.63, 3.8) is 0 Å². The quantitative estimate of drug-likeness (QED) is 0.505. The number of aryl methyl sites for hydroxylation is 1. The minimum atomic E-state index is -0.369. The number of carbonyl (C=O) groups excluding carboxylic acids is 1. The van der Waals surface area contributed by atoms with E-state index in [1.807, 2.05) is 30.3 Å². The predicted molar refractivity (Wildman–Crippen MR) is 107 cm³/mol. The van der Waals surface area contributed by atoms with Crippen LogP contribution in [0.3, 0.4) is 0 Å². The van der Waals surface area contributed by atoms with Crippen molar-refractivity contribution in [3.8, 4) is 0 Å². The van der Waals surface area contributed by atoms with Gasteiger partial charge in [-0.3, -0.25) is 4.79 Å². The van der Waals surface area contributed by atoms with Gasteiger partial charge in [0.25, 0.3) is 0 Å². The number of halogens is 2. The van der Waals surface area contributed by atoms with Crippen molar-refractivity contribution in [2.75, 3.05) is 0 Å². The van der Waals surface area contributed by atoms with Gasteiger partial charge in [0.05, 0.1) is 4.32 Å². The zero-order chi connectivity index (χ0) is 17.4. The average Bonchev–Trinajstić information content (AvgIpc) is 2.66. The van der Waals surface area contributed by atoms with Crippen LogP contribution in [0.25, 0.3) is 0 Å². The number of fused-ring (bicyclic) bond motifs is 1. The molecule has 0 bridgehead atoms. The zero-order valence-corrected chi connectivity index (χ0v) is 16.5. The summed E-state index contributed by atoms with van der Waals surface area (Å²) < 4.78 is -0.369. The molecule has 1 nitrogen and oxygen atoms in total. The van der Waals surface area contributed by atoms with Gasteiger partial charge in [0.2, 0.25) is 0 Å². The van der Waals surface area contributed by atoms with Crippen molar-refractivity contribution in [1.82, 2.24) is 0 Å². The highest BCUT2D eigenvalue weighted by atomic mass is 79.9. The Bertz CT molecular complexity index is 777. The number of carbonyl (C=O) groups is 1. The van der Waals surface area contributed by atoms with Crippen molar-refractivity contribution in [3.05, 3.63) is 70.2 Å². The van der Waals surface area contributed by atoms with Gasteiger partial charge >= 0.3 is 0 Å². The molecule has 0 spiro atoms. The van der Waals surface area contributed by atoms with Gasteiger partial charge in [0.15, 0.2) is 5.78 Å². The second-order valence-corrected chi connectivity index (χ2v) is 9.30. The zero-order valence-electron chi connectivity index (χ0n) is 14.2. The molecule has 130 valence electrons. The topological polar surface area (TPSA) is 17.1 Å². The molecule has 1 saturated carbocycles. The largest absolute Gasteiger partial charge is 0.293 e. The van der Waals surface area contributed by atoms with E-state index < -0.39 is 0 Å². The van der Waals surface area contributed by atoms with Crippen molar-refractivity contribution < 1.29 is 4.79 Å². The number of benzene rings is 2. The van der Waals surface area contributed by atoms with Gasteiger partial charge in [-0.05, 0) is 73.6 Å². The highest BCUT2D eigenvalue weighted by Crippen LogP contribution is 2.48. The lowest BCUT2D eigenvalue weighted by molar-refractivity contribution is 0.0866. The summed E-state index contributed by atoms with van der Waals surface area (Å²) in [6.45, 7) is 0. The van der Waals surface area contributed by atoms with E-state index in [1.165, 1.54) is 11.1 Å². The maximum atomic E-state index is 13.2. The fraction of sp³-hybridized carbons (Fsp3) is 0.409. The molecule has 1 atom stereocenters. The number of rotatable bonds is 2. The van der Waals surface area contributed by atoms with Crippen LogP contribution in [0.4, 0.5) is 0 Å². The van der Waals surface area contributed by atoms with Crippen molar-refractivity contribution in [1.29, 1.82) is 0 Å². The summed E-state index contributed by atoms with van der Waals surface area (Å²) in [6.07, 6.45) is 6.41. The van der Waals surface area contributed by atoms with E-state index in [4.69, 9.17) is 11.6 Å². The third-order valence-electron chi connectivity index (χ3n) is 6.11. The van der Waals surface area contributed by atoms with E-state index >= 15 is 0 Å². The SMILES string of the molecule is O=C1c2ccccc2CCC1(Br)C1CCC(c2ccc(Cl)cc2)CC1. The van der Waals surface area contributed by atoms with Gasteiger partial charge in [-0.1, -0.05) is 63.9 Å². The third kappa shape index (κ3) is 3.19. The molecular formula is C22H22BrClO. The molecule has 25 heavy (non-hydrogen) atoms. The molecule has 0 N–H and O–H groups in total. The summed E-state index contributed by atoms with van der Waals surface area (Å²) in [5, 5.41) is 0.795. The van der Waals surface area contributed by atoms with Crippen LogP contribution in [-0.2, 0) is 6.42 Å². The highest BCUT2D eigenvalue weighted by Gasteiger charge is 2.47. The van der Waals surface area contributed by atoms with Gasteiger partial charge in [0, 0.05) is 10.6 Å². The van der Waals surface area contributed by atoms with Gasteiger partial charge in [-0.2, -0.15) is 0 Å². The summed E-state index contributed by atoms with van der Waals surface area (Å²) >= 11 is 9.92.